The van der Waals surface area contributed by atoms with Gasteiger partial charge in [0.25, 0.3) is 0 Å². The molecular weight excluding hydrogens is 393 g/mol. The van der Waals surface area contributed by atoms with E-state index in [0.717, 1.165) is 52.0 Å². The molecule has 1 aromatic heterocycles. The molecule has 0 spiro atoms. The van der Waals surface area contributed by atoms with Crippen molar-refractivity contribution in [1.29, 1.82) is 0 Å². The van der Waals surface area contributed by atoms with Gasteiger partial charge in [-0.3, -0.25) is 0 Å². The first kappa shape index (κ1) is 17.7. The van der Waals surface area contributed by atoms with Crippen molar-refractivity contribution < 1.29 is 4.74 Å². The predicted octanol–water partition coefficient (Wildman–Crippen LogP) is 5.97. The lowest BCUT2D eigenvalue weighted by atomic mass is 10.1. The van der Waals surface area contributed by atoms with Gasteiger partial charge in [-0.2, -0.15) is 0 Å². The molecule has 28 heavy (non-hydrogen) atoms. The molecule has 3 aromatic carbocycles. The molecule has 0 unspecified atom stereocenters. The number of aromatic amines is 1. The van der Waals surface area contributed by atoms with Gasteiger partial charge in [-0.15, -0.1) is 0 Å². The van der Waals surface area contributed by atoms with Crippen LogP contribution in [0.5, 0.6) is 5.75 Å². The van der Waals surface area contributed by atoms with E-state index in [2.05, 4.69) is 21.7 Å². The van der Waals surface area contributed by atoms with Gasteiger partial charge in [0.05, 0.1) is 12.1 Å². The molecule has 5 rings (SSSR count). The highest BCUT2D eigenvalue weighted by molar-refractivity contribution is 6.32. The zero-order chi connectivity index (χ0) is 19.1. The molecule has 1 aliphatic rings. The zero-order valence-corrected chi connectivity index (χ0v) is 16.6. The molecule has 0 aliphatic carbocycles. The number of aromatic nitrogens is 1. The van der Waals surface area contributed by atoms with Gasteiger partial charge in [0.2, 0.25) is 0 Å². The van der Waals surface area contributed by atoms with Crippen molar-refractivity contribution in [3.8, 4) is 5.75 Å². The second kappa shape index (κ2) is 7.21. The van der Waals surface area contributed by atoms with Gasteiger partial charge in [-0.25, -0.2) is 0 Å². The van der Waals surface area contributed by atoms with Gasteiger partial charge < -0.3 is 20.4 Å². The van der Waals surface area contributed by atoms with Crippen LogP contribution in [-0.4, -0.2) is 24.7 Å². The van der Waals surface area contributed by atoms with Gasteiger partial charge in [0.1, 0.15) is 5.75 Å². The molecule has 0 saturated carbocycles. The summed E-state index contributed by atoms with van der Waals surface area (Å²) >= 11 is 12.3. The van der Waals surface area contributed by atoms with E-state index in [9.17, 15) is 0 Å². The molecule has 0 radical (unpaired) electrons. The summed E-state index contributed by atoms with van der Waals surface area (Å²) in [5, 5.41) is 10.3. The van der Waals surface area contributed by atoms with Crippen molar-refractivity contribution in [3.05, 3.63) is 64.6 Å². The first-order valence-corrected chi connectivity index (χ1v) is 10.0. The minimum atomic E-state index is 0.557. The summed E-state index contributed by atoms with van der Waals surface area (Å²) in [5.74, 6) is 1.40. The Bertz CT molecular complexity index is 1150. The third-order valence-corrected chi connectivity index (χ3v) is 5.59. The Morgan fingerprint density at radius 3 is 2.43 bits per heavy atom. The SMILES string of the molecule is Clc1ccc(Nc2cc(OCC3CNC3)c3[nH]c4ccc(Cl)cc4c3c2)cc1. The predicted molar refractivity (Wildman–Crippen MR) is 117 cm³/mol. The van der Waals surface area contributed by atoms with E-state index < -0.39 is 0 Å². The average molecular weight is 412 g/mol. The Morgan fingerprint density at radius 2 is 1.68 bits per heavy atom. The van der Waals surface area contributed by atoms with Crippen LogP contribution in [0.25, 0.3) is 21.8 Å². The molecule has 2 heterocycles. The normalized spacial score (nSPS) is 14.4. The standard InChI is InChI=1S/C22H19Cl2N3O/c23-14-1-4-16(5-2-14)26-17-8-19-18-7-15(24)3-6-20(18)27-22(19)21(9-17)28-12-13-10-25-11-13/h1-9,13,25-27H,10-12H2. The number of hydrogen-bond donors (Lipinski definition) is 3. The molecule has 1 saturated heterocycles. The number of rotatable bonds is 5. The van der Waals surface area contributed by atoms with E-state index in [0.29, 0.717) is 22.6 Å². The molecule has 4 aromatic rings. The molecule has 4 nitrogen and oxygen atoms in total. The average Bonchev–Trinajstić information content (AvgIpc) is 3.00. The van der Waals surface area contributed by atoms with Crippen LogP contribution < -0.4 is 15.4 Å². The van der Waals surface area contributed by atoms with Crippen molar-refractivity contribution in [2.24, 2.45) is 5.92 Å². The second-order valence-corrected chi connectivity index (χ2v) is 8.05. The number of benzene rings is 3. The van der Waals surface area contributed by atoms with Gasteiger partial charge in [-0.05, 0) is 48.5 Å². The first-order chi connectivity index (χ1) is 13.7. The maximum atomic E-state index is 6.25. The summed E-state index contributed by atoms with van der Waals surface area (Å²) < 4.78 is 6.22. The van der Waals surface area contributed by atoms with Crippen LogP contribution in [0.3, 0.4) is 0 Å². The Balaban J connectivity index is 1.59. The van der Waals surface area contributed by atoms with Crippen molar-refractivity contribution in [1.82, 2.24) is 10.3 Å². The highest BCUT2D eigenvalue weighted by Crippen LogP contribution is 2.37. The van der Waals surface area contributed by atoms with E-state index in [1.54, 1.807) is 0 Å². The third kappa shape index (κ3) is 3.39. The number of nitrogens with one attached hydrogen (secondary N) is 3. The number of ether oxygens (including phenoxy) is 1. The van der Waals surface area contributed by atoms with Crippen molar-refractivity contribution >= 4 is 56.4 Å². The Hall–Kier alpha value is -2.40. The van der Waals surface area contributed by atoms with Crippen LogP contribution in [0.15, 0.2) is 54.6 Å². The van der Waals surface area contributed by atoms with Gasteiger partial charge in [0, 0.05) is 62.8 Å². The lowest BCUT2D eigenvalue weighted by Crippen LogP contribution is -2.45. The van der Waals surface area contributed by atoms with Gasteiger partial charge in [-0.1, -0.05) is 23.2 Å². The fourth-order valence-electron chi connectivity index (χ4n) is 3.50. The van der Waals surface area contributed by atoms with E-state index >= 15 is 0 Å². The van der Waals surface area contributed by atoms with Gasteiger partial charge >= 0.3 is 0 Å². The lowest BCUT2D eigenvalue weighted by Gasteiger charge is -2.27. The summed E-state index contributed by atoms with van der Waals surface area (Å²) in [6.07, 6.45) is 0. The minimum Gasteiger partial charge on any atom is -0.491 e. The lowest BCUT2D eigenvalue weighted by molar-refractivity contribution is 0.200. The number of halogens is 2. The summed E-state index contributed by atoms with van der Waals surface area (Å²) in [6.45, 7) is 2.71. The smallest absolute Gasteiger partial charge is 0.145 e. The molecular formula is C22H19Cl2N3O. The minimum absolute atomic E-state index is 0.557. The van der Waals surface area contributed by atoms with Crippen LogP contribution in [0.1, 0.15) is 0 Å². The number of anilines is 2. The van der Waals surface area contributed by atoms with Crippen LogP contribution >= 0.6 is 23.2 Å². The van der Waals surface area contributed by atoms with Crippen LogP contribution in [0.4, 0.5) is 11.4 Å². The molecule has 3 N–H and O–H groups in total. The van der Waals surface area contributed by atoms with Crippen LogP contribution in [0.2, 0.25) is 10.0 Å². The van der Waals surface area contributed by atoms with E-state index in [1.165, 1.54) is 0 Å². The van der Waals surface area contributed by atoms with Crippen LogP contribution in [0, 0.1) is 5.92 Å². The van der Waals surface area contributed by atoms with Crippen molar-refractivity contribution in [3.63, 3.8) is 0 Å². The molecule has 1 fully saturated rings. The highest BCUT2D eigenvalue weighted by atomic mass is 35.5. The Morgan fingerprint density at radius 1 is 0.893 bits per heavy atom. The van der Waals surface area contributed by atoms with Crippen molar-refractivity contribution in [2.75, 3.05) is 25.0 Å². The number of hydrogen-bond acceptors (Lipinski definition) is 3. The fraction of sp³-hybridized carbons (Fsp3) is 0.182. The monoisotopic (exact) mass is 411 g/mol. The summed E-state index contributed by atoms with van der Waals surface area (Å²) in [4.78, 5) is 3.49. The number of H-pyrrole nitrogens is 1. The molecule has 0 bridgehead atoms. The van der Waals surface area contributed by atoms with E-state index in [1.807, 2.05) is 48.5 Å². The molecule has 142 valence electrons. The number of fused-ring (bicyclic) bond motifs is 3. The topological polar surface area (TPSA) is 49.1 Å². The zero-order valence-electron chi connectivity index (χ0n) is 15.1. The summed E-state index contributed by atoms with van der Waals surface area (Å²) in [6, 6.07) is 17.7. The molecule has 1 aliphatic heterocycles. The largest absolute Gasteiger partial charge is 0.491 e. The van der Waals surface area contributed by atoms with Crippen molar-refractivity contribution in [2.45, 2.75) is 0 Å². The first-order valence-electron chi connectivity index (χ1n) is 9.27. The quantitative estimate of drug-likeness (QED) is 0.379. The molecule has 0 amide bonds. The summed E-state index contributed by atoms with van der Waals surface area (Å²) in [7, 11) is 0. The van der Waals surface area contributed by atoms with E-state index in [4.69, 9.17) is 27.9 Å². The molecule has 6 heteroatoms. The van der Waals surface area contributed by atoms with Gasteiger partial charge in [0.15, 0.2) is 0 Å². The fourth-order valence-corrected chi connectivity index (χ4v) is 3.80. The second-order valence-electron chi connectivity index (χ2n) is 7.18. The third-order valence-electron chi connectivity index (χ3n) is 5.11. The summed E-state index contributed by atoms with van der Waals surface area (Å²) in [5.41, 5.74) is 3.96. The maximum Gasteiger partial charge on any atom is 0.145 e. The van der Waals surface area contributed by atoms with E-state index in [-0.39, 0.29) is 0 Å². The highest BCUT2D eigenvalue weighted by Gasteiger charge is 2.19. The Kier molecular flexibility index (Phi) is 4.55. The molecule has 0 atom stereocenters. The Labute approximate surface area is 172 Å². The maximum absolute atomic E-state index is 6.25. The van der Waals surface area contributed by atoms with Crippen LogP contribution in [-0.2, 0) is 0 Å².